The van der Waals surface area contributed by atoms with Crippen molar-refractivity contribution in [1.82, 2.24) is 4.57 Å². The number of benzene rings is 2. The van der Waals surface area contributed by atoms with E-state index in [2.05, 4.69) is 5.32 Å². The number of carbonyl (C=O) groups excluding carboxylic acids is 1. The lowest BCUT2D eigenvalue weighted by molar-refractivity contribution is -0.143. The van der Waals surface area contributed by atoms with Crippen LogP contribution in [-0.4, -0.2) is 43.6 Å². The molecule has 0 radical (unpaired) electrons. The molecule has 1 atom stereocenters. The molecule has 1 aliphatic rings. The minimum absolute atomic E-state index is 0.201. The number of anilines is 1. The zero-order valence-electron chi connectivity index (χ0n) is 16.7. The molecule has 1 saturated carbocycles. The minimum atomic E-state index is -4.67. The van der Waals surface area contributed by atoms with Gasteiger partial charge in [0.25, 0.3) is 0 Å². The standard InChI is InChI=1S/C22H21F3N2O5/c23-22(24,25)19-8-12-7-14(2-3-16(12)27(19)10-15(29)11-28)26-20(32)21(5-6-21)13-1-4-17(30)18(31)9-13/h1-4,7-9,15,28-31H,5-6,10-11H2,(H,26,32)/t15-/m1/s1. The number of hydrogen-bond donors (Lipinski definition) is 5. The van der Waals surface area contributed by atoms with Gasteiger partial charge in [-0.3, -0.25) is 4.79 Å². The second-order valence-corrected chi connectivity index (χ2v) is 7.99. The van der Waals surface area contributed by atoms with Crippen molar-refractivity contribution in [3.8, 4) is 11.5 Å². The molecule has 0 saturated heterocycles. The van der Waals surface area contributed by atoms with E-state index in [4.69, 9.17) is 5.11 Å². The SMILES string of the molecule is O=C(Nc1ccc2c(c1)cc(C(F)(F)F)n2C[C@@H](O)CO)C1(c2ccc(O)c(O)c2)CC1. The summed E-state index contributed by atoms with van der Waals surface area (Å²) >= 11 is 0. The average Bonchev–Trinajstić information content (AvgIpc) is 3.47. The summed E-state index contributed by atoms with van der Waals surface area (Å²) in [5, 5.41) is 40.9. The molecule has 2 aromatic carbocycles. The molecule has 1 fully saturated rings. The molecule has 32 heavy (non-hydrogen) atoms. The fourth-order valence-corrected chi connectivity index (χ4v) is 3.89. The van der Waals surface area contributed by atoms with E-state index in [1.54, 1.807) is 6.07 Å². The third kappa shape index (κ3) is 3.87. The molecule has 1 amide bonds. The van der Waals surface area contributed by atoms with Gasteiger partial charge in [-0.25, -0.2) is 0 Å². The highest BCUT2D eigenvalue weighted by Gasteiger charge is 2.51. The average molecular weight is 450 g/mol. The summed E-state index contributed by atoms with van der Waals surface area (Å²) in [5.41, 5.74) is -0.816. The summed E-state index contributed by atoms with van der Waals surface area (Å²) in [6.45, 7) is -1.12. The number of alkyl halides is 3. The van der Waals surface area contributed by atoms with Gasteiger partial charge in [0.2, 0.25) is 5.91 Å². The Kier molecular flexibility index (Phi) is 5.30. The van der Waals surface area contributed by atoms with Crippen molar-refractivity contribution >= 4 is 22.5 Å². The highest BCUT2D eigenvalue weighted by atomic mass is 19.4. The van der Waals surface area contributed by atoms with E-state index in [1.807, 2.05) is 0 Å². The van der Waals surface area contributed by atoms with Crippen molar-refractivity contribution in [2.24, 2.45) is 0 Å². The molecule has 1 aliphatic carbocycles. The molecular weight excluding hydrogens is 429 g/mol. The van der Waals surface area contributed by atoms with E-state index in [1.165, 1.54) is 30.3 Å². The molecule has 5 N–H and O–H groups in total. The summed E-state index contributed by atoms with van der Waals surface area (Å²) in [5.74, 6) is -1.01. The van der Waals surface area contributed by atoms with Crippen LogP contribution in [0.3, 0.4) is 0 Å². The zero-order chi connectivity index (χ0) is 23.3. The molecule has 4 rings (SSSR count). The molecule has 0 bridgehead atoms. The Hall–Kier alpha value is -3.24. The molecule has 170 valence electrons. The van der Waals surface area contributed by atoms with Crippen LogP contribution >= 0.6 is 0 Å². The van der Waals surface area contributed by atoms with Gasteiger partial charge in [0, 0.05) is 16.6 Å². The molecule has 1 heterocycles. The topological polar surface area (TPSA) is 115 Å². The van der Waals surface area contributed by atoms with Gasteiger partial charge in [0.1, 0.15) is 5.69 Å². The number of rotatable bonds is 6. The molecule has 3 aromatic rings. The molecular formula is C22H21F3N2O5. The number of nitrogens with zero attached hydrogens (tertiary/aromatic N) is 1. The van der Waals surface area contributed by atoms with Crippen LogP contribution in [0.4, 0.5) is 18.9 Å². The van der Waals surface area contributed by atoms with Gasteiger partial charge in [0.15, 0.2) is 11.5 Å². The first kappa shape index (κ1) is 22.0. The van der Waals surface area contributed by atoms with E-state index in [0.29, 0.717) is 24.1 Å². The van der Waals surface area contributed by atoms with Crippen molar-refractivity contribution < 1.29 is 38.4 Å². The molecule has 1 aromatic heterocycles. The molecule has 0 unspecified atom stereocenters. The van der Waals surface area contributed by atoms with Crippen LogP contribution in [0.15, 0.2) is 42.5 Å². The van der Waals surface area contributed by atoms with Crippen LogP contribution in [0.5, 0.6) is 11.5 Å². The van der Waals surface area contributed by atoms with Gasteiger partial charge >= 0.3 is 6.18 Å². The predicted molar refractivity (Wildman–Crippen MR) is 109 cm³/mol. The summed E-state index contributed by atoms with van der Waals surface area (Å²) in [6, 6.07) is 9.39. The number of halogens is 3. The molecule has 0 aliphatic heterocycles. The number of aliphatic hydroxyl groups is 2. The van der Waals surface area contributed by atoms with Gasteiger partial charge in [-0.15, -0.1) is 0 Å². The third-order valence-electron chi connectivity index (χ3n) is 5.77. The monoisotopic (exact) mass is 450 g/mol. The summed E-state index contributed by atoms with van der Waals surface area (Å²) in [6.07, 6.45) is -4.98. The Balaban J connectivity index is 1.64. The number of aromatic nitrogens is 1. The van der Waals surface area contributed by atoms with E-state index < -0.39 is 36.5 Å². The lowest BCUT2D eigenvalue weighted by Gasteiger charge is -2.17. The quantitative estimate of drug-likeness (QED) is 0.370. The van der Waals surface area contributed by atoms with Crippen LogP contribution < -0.4 is 5.32 Å². The fraction of sp³-hybridized carbons (Fsp3) is 0.318. The first-order valence-electron chi connectivity index (χ1n) is 9.88. The molecule has 10 heteroatoms. The maximum atomic E-state index is 13.5. The Morgan fingerprint density at radius 1 is 1.09 bits per heavy atom. The number of aromatic hydroxyl groups is 2. The van der Waals surface area contributed by atoms with Gasteiger partial charge in [-0.05, 0) is 54.8 Å². The van der Waals surface area contributed by atoms with Crippen LogP contribution in [-0.2, 0) is 22.9 Å². The first-order chi connectivity index (χ1) is 15.0. The molecule has 0 spiro atoms. The first-order valence-corrected chi connectivity index (χ1v) is 9.88. The number of phenolic OH excluding ortho intramolecular Hbond substituents is 2. The second-order valence-electron chi connectivity index (χ2n) is 7.99. The highest BCUT2D eigenvalue weighted by Crippen LogP contribution is 2.50. The Morgan fingerprint density at radius 3 is 2.41 bits per heavy atom. The van der Waals surface area contributed by atoms with Gasteiger partial charge in [-0.1, -0.05) is 6.07 Å². The lowest BCUT2D eigenvalue weighted by atomic mass is 9.94. The fourth-order valence-electron chi connectivity index (χ4n) is 3.89. The van der Waals surface area contributed by atoms with Crippen molar-refractivity contribution in [2.45, 2.75) is 37.1 Å². The van der Waals surface area contributed by atoms with Gasteiger partial charge in [-0.2, -0.15) is 13.2 Å². The minimum Gasteiger partial charge on any atom is -0.504 e. The number of aliphatic hydroxyl groups excluding tert-OH is 2. The summed E-state index contributed by atoms with van der Waals surface area (Å²) in [7, 11) is 0. The van der Waals surface area contributed by atoms with Crippen molar-refractivity contribution in [3.05, 3.63) is 53.7 Å². The smallest absolute Gasteiger partial charge is 0.431 e. The maximum Gasteiger partial charge on any atom is 0.431 e. The maximum absolute atomic E-state index is 13.5. The predicted octanol–water partition coefficient (Wildman–Crippen LogP) is 3.09. The molecule has 7 nitrogen and oxygen atoms in total. The largest absolute Gasteiger partial charge is 0.504 e. The van der Waals surface area contributed by atoms with E-state index in [-0.39, 0.29) is 28.3 Å². The Labute approximate surface area is 180 Å². The number of fused-ring (bicyclic) bond motifs is 1. The number of amides is 1. The Bertz CT molecular complexity index is 1180. The van der Waals surface area contributed by atoms with Gasteiger partial charge < -0.3 is 30.3 Å². The van der Waals surface area contributed by atoms with Crippen molar-refractivity contribution in [1.29, 1.82) is 0 Å². The highest BCUT2D eigenvalue weighted by molar-refractivity contribution is 6.02. The van der Waals surface area contributed by atoms with Crippen LogP contribution in [0.1, 0.15) is 24.1 Å². The lowest BCUT2D eigenvalue weighted by Crippen LogP contribution is -2.27. The van der Waals surface area contributed by atoms with Crippen LogP contribution in [0.2, 0.25) is 0 Å². The van der Waals surface area contributed by atoms with E-state index in [0.717, 1.165) is 10.6 Å². The Morgan fingerprint density at radius 2 is 1.81 bits per heavy atom. The van der Waals surface area contributed by atoms with Crippen LogP contribution in [0, 0.1) is 0 Å². The second kappa shape index (κ2) is 7.72. The van der Waals surface area contributed by atoms with Crippen LogP contribution in [0.25, 0.3) is 10.9 Å². The zero-order valence-corrected chi connectivity index (χ0v) is 16.7. The third-order valence-corrected chi connectivity index (χ3v) is 5.77. The number of carbonyl (C=O) groups is 1. The normalized spacial score (nSPS) is 16.2. The summed E-state index contributed by atoms with van der Waals surface area (Å²) in [4.78, 5) is 12.9. The van der Waals surface area contributed by atoms with Gasteiger partial charge in [0.05, 0.1) is 24.7 Å². The number of nitrogens with one attached hydrogen (secondary N) is 1. The van der Waals surface area contributed by atoms with Crippen molar-refractivity contribution in [3.63, 3.8) is 0 Å². The number of phenols is 2. The van der Waals surface area contributed by atoms with E-state index in [9.17, 15) is 33.3 Å². The van der Waals surface area contributed by atoms with Crippen molar-refractivity contribution in [2.75, 3.05) is 11.9 Å². The number of hydrogen-bond acceptors (Lipinski definition) is 5. The summed E-state index contributed by atoms with van der Waals surface area (Å²) < 4.78 is 41.4. The van der Waals surface area contributed by atoms with E-state index >= 15 is 0 Å².